The van der Waals surface area contributed by atoms with Crippen molar-refractivity contribution in [2.24, 2.45) is 11.8 Å². The molecule has 0 N–H and O–H groups in total. The van der Waals surface area contributed by atoms with Gasteiger partial charge in [-0.05, 0) is 37.5 Å². The lowest BCUT2D eigenvalue weighted by atomic mass is 9.72. The molecule has 0 aromatic heterocycles. The van der Waals surface area contributed by atoms with Crippen LogP contribution in [0.2, 0.25) is 5.82 Å². The molecule has 0 heterocycles. The first-order valence-corrected chi connectivity index (χ1v) is 7.03. The van der Waals surface area contributed by atoms with Crippen LogP contribution in [0.25, 0.3) is 0 Å². The van der Waals surface area contributed by atoms with E-state index in [-0.39, 0.29) is 0 Å². The Morgan fingerprint density at radius 2 is 1.20 bits per heavy atom. The predicted octanol–water partition coefficient (Wildman–Crippen LogP) is 3.73. The molecule has 0 aliphatic heterocycles. The lowest BCUT2D eigenvalue weighted by molar-refractivity contribution is 0.401. The molecule has 0 bridgehead atoms. The largest absolute Gasteiger partial charge is 0.105 e. The summed E-state index contributed by atoms with van der Waals surface area (Å²) in [4.78, 5) is 0. The molecule has 2 rings (SSSR count). The molecular weight excluding hydrogens is 179 g/mol. The van der Waals surface area contributed by atoms with Crippen molar-refractivity contribution in [3.8, 4) is 0 Å². The van der Waals surface area contributed by atoms with E-state index in [9.17, 15) is 0 Å². The van der Waals surface area contributed by atoms with Crippen molar-refractivity contribution in [3.05, 3.63) is 12.2 Å². The Kier molecular flexibility index (Phi) is 4.35. The fourth-order valence-electron chi connectivity index (χ4n) is 3.12. The quantitative estimate of drug-likeness (QED) is 0.474. The molecule has 0 atom stereocenters. The minimum absolute atomic E-state index is 0.920. The Balaban J connectivity index is 1.73. The molecule has 2 fully saturated rings. The van der Waals surface area contributed by atoms with Gasteiger partial charge in [-0.2, -0.15) is 0 Å². The minimum atomic E-state index is 0.920. The van der Waals surface area contributed by atoms with E-state index in [1.807, 2.05) is 0 Å². The Morgan fingerprint density at radius 1 is 0.667 bits per heavy atom. The molecule has 0 aromatic carbocycles. The molecule has 84 valence electrons. The Morgan fingerprint density at radius 3 is 1.80 bits per heavy atom. The molecule has 2 saturated carbocycles. The third-order valence-corrected chi connectivity index (χ3v) is 4.37. The fourth-order valence-corrected chi connectivity index (χ4v) is 3.12. The van der Waals surface area contributed by atoms with Gasteiger partial charge in [-0.3, -0.25) is 0 Å². The number of allylic oxidation sites excluding steroid dienone is 2. The highest BCUT2D eigenvalue weighted by molar-refractivity contribution is 6.11. The van der Waals surface area contributed by atoms with Crippen molar-refractivity contribution in [2.75, 3.05) is 0 Å². The molecular formula is C14H25B. The van der Waals surface area contributed by atoms with Crippen LogP contribution in [0.15, 0.2) is 12.2 Å². The van der Waals surface area contributed by atoms with Crippen LogP contribution in [-0.4, -0.2) is 7.85 Å². The van der Waals surface area contributed by atoms with Crippen LogP contribution >= 0.6 is 0 Å². The average molecular weight is 204 g/mol. The smallest absolute Gasteiger partial charge is 0.0851 e. The van der Waals surface area contributed by atoms with Crippen molar-refractivity contribution in [3.63, 3.8) is 0 Å². The van der Waals surface area contributed by atoms with E-state index in [1.165, 1.54) is 57.8 Å². The SMILES string of the molecule is BC1CCC(/C=C/C2CCCCC2)CC1. The molecule has 0 unspecified atom stereocenters. The number of rotatable bonds is 2. The van der Waals surface area contributed by atoms with Gasteiger partial charge in [0.1, 0.15) is 7.85 Å². The highest BCUT2D eigenvalue weighted by Gasteiger charge is 2.16. The van der Waals surface area contributed by atoms with Gasteiger partial charge in [0.25, 0.3) is 0 Å². The zero-order chi connectivity index (χ0) is 10.5. The van der Waals surface area contributed by atoms with E-state index >= 15 is 0 Å². The van der Waals surface area contributed by atoms with Crippen molar-refractivity contribution < 1.29 is 0 Å². The first kappa shape index (κ1) is 11.3. The van der Waals surface area contributed by atoms with Crippen LogP contribution in [0.5, 0.6) is 0 Å². The van der Waals surface area contributed by atoms with Gasteiger partial charge < -0.3 is 0 Å². The summed E-state index contributed by atoms with van der Waals surface area (Å²) in [6.07, 6.45) is 18.3. The van der Waals surface area contributed by atoms with Crippen LogP contribution in [0.1, 0.15) is 57.8 Å². The van der Waals surface area contributed by atoms with Gasteiger partial charge in [-0.15, -0.1) is 0 Å². The maximum atomic E-state index is 2.56. The highest BCUT2D eigenvalue weighted by atomic mass is 14.2. The van der Waals surface area contributed by atoms with Gasteiger partial charge in [0.15, 0.2) is 0 Å². The summed E-state index contributed by atoms with van der Waals surface area (Å²) < 4.78 is 0. The fraction of sp³-hybridized carbons (Fsp3) is 0.857. The van der Waals surface area contributed by atoms with Crippen LogP contribution < -0.4 is 0 Å². The van der Waals surface area contributed by atoms with Crippen molar-refractivity contribution in [1.29, 1.82) is 0 Å². The van der Waals surface area contributed by atoms with E-state index in [2.05, 4.69) is 20.0 Å². The molecule has 15 heavy (non-hydrogen) atoms. The second-order valence-corrected chi connectivity index (χ2v) is 5.80. The average Bonchev–Trinajstić information content (AvgIpc) is 2.30. The summed E-state index contributed by atoms with van der Waals surface area (Å²) in [5, 5.41) is 0. The van der Waals surface area contributed by atoms with E-state index in [0.29, 0.717) is 0 Å². The second-order valence-electron chi connectivity index (χ2n) is 5.80. The maximum absolute atomic E-state index is 2.56. The van der Waals surface area contributed by atoms with Crippen LogP contribution in [0, 0.1) is 11.8 Å². The van der Waals surface area contributed by atoms with E-state index in [0.717, 1.165) is 17.7 Å². The van der Waals surface area contributed by atoms with E-state index in [1.54, 1.807) is 0 Å². The zero-order valence-corrected chi connectivity index (χ0v) is 10.3. The standard InChI is InChI=1S/C14H25B/c15-14-10-8-13(9-11-14)7-6-12-4-2-1-3-5-12/h6-7,12-14H,1-5,8-11,15H2/b7-6+. The molecule has 0 radical (unpaired) electrons. The summed E-state index contributed by atoms with van der Waals surface area (Å²) in [7, 11) is 2.40. The van der Waals surface area contributed by atoms with Gasteiger partial charge in [0.05, 0.1) is 0 Å². The molecule has 2 aliphatic rings. The predicted molar refractivity (Wildman–Crippen MR) is 70.0 cm³/mol. The first-order valence-electron chi connectivity index (χ1n) is 7.03. The monoisotopic (exact) mass is 204 g/mol. The van der Waals surface area contributed by atoms with Gasteiger partial charge in [-0.1, -0.05) is 50.1 Å². The first-order chi connectivity index (χ1) is 7.34. The molecule has 0 nitrogen and oxygen atoms in total. The molecule has 0 amide bonds. The normalized spacial score (nSPS) is 34.7. The molecule has 0 saturated heterocycles. The lowest BCUT2D eigenvalue weighted by Crippen LogP contribution is -2.10. The van der Waals surface area contributed by atoms with Crippen molar-refractivity contribution >= 4 is 7.85 Å². The Bertz CT molecular complexity index is 195. The summed E-state index contributed by atoms with van der Waals surface area (Å²) >= 11 is 0. The molecule has 1 heteroatoms. The topological polar surface area (TPSA) is 0 Å². The Hall–Kier alpha value is -0.195. The Labute approximate surface area is 95.9 Å². The van der Waals surface area contributed by atoms with Crippen LogP contribution in [0.4, 0.5) is 0 Å². The third-order valence-electron chi connectivity index (χ3n) is 4.37. The van der Waals surface area contributed by atoms with Crippen LogP contribution in [-0.2, 0) is 0 Å². The van der Waals surface area contributed by atoms with Gasteiger partial charge in [0, 0.05) is 0 Å². The molecule has 0 aromatic rings. The zero-order valence-electron chi connectivity index (χ0n) is 10.3. The molecule has 2 aliphatic carbocycles. The van der Waals surface area contributed by atoms with Gasteiger partial charge >= 0.3 is 0 Å². The second kappa shape index (κ2) is 5.77. The minimum Gasteiger partial charge on any atom is -0.0851 e. The highest BCUT2D eigenvalue weighted by Crippen LogP contribution is 2.32. The maximum Gasteiger partial charge on any atom is 0.105 e. The number of hydrogen-bond donors (Lipinski definition) is 0. The van der Waals surface area contributed by atoms with Gasteiger partial charge in [-0.25, -0.2) is 0 Å². The summed E-state index contributed by atoms with van der Waals surface area (Å²) in [5.41, 5.74) is 0. The lowest BCUT2D eigenvalue weighted by Gasteiger charge is -2.25. The van der Waals surface area contributed by atoms with Crippen molar-refractivity contribution in [2.45, 2.75) is 63.6 Å². The van der Waals surface area contributed by atoms with E-state index in [4.69, 9.17) is 0 Å². The summed E-state index contributed by atoms with van der Waals surface area (Å²) in [6, 6.07) is 0. The van der Waals surface area contributed by atoms with Crippen molar-refractivity contribution in [1.82, 2.24) is 0 Å². The van der Waals surface area contributed by atoms with Gasteiger partial charge in [0.2, 0.25) is 0 Å². The van der Waals surface area contributed by atoms with Crippen LogP contribution in [0.3, 0.4) is 0 Å². The third kappa shape index (κ3) is 3.70. The summed E-state index contributed by atoms with van der Waals surface area (Å²) in [6.45, 7) is 0. The number of hydrogen-bond acceptors (Lipinski definition) is 0. The van der Waals surface area contributed by atoms with E-state index < -0.39 is 0 Å². The summed E-state index contributed by atoms with van der Waals surface area (Å²) in [5.74, 6) is 2.84. The molecule has 0 spiro atoms.